The minimum atomic E-state index is -0.448. The molecule has 0 aliphatic rings. The third kappa shape index (κ3) is 4.58. The molecule has 1 aromatic heterocycles. The van der Waals surface area contributed by atoms with Gasteiger partial charge in [-0.15, -0.1) is 0 Å². The second-order valence-corrected chi connectivity index (χ2v) is 7.85. The highest BCUT2D eigenvalue weighted by molar-refractivity contribution is 6.12. The van der Waals surface area contributed by atoms with Gasteiger partial charge in [-0.25, -0.2) is 4.79 Å². The van der Waals surface area contributed by atoms with Crippen molar-refractivity contribution in [3.63, 3.8) is 0 Å². The molecular weight excluding hydrogens is 378 g/mol. The Morgan fingerprint density at radius 3 is 2.43 bits per heavy atom. The van der Waals surface area contributed by atoms with Gasteiger partial charge in [0.25, 0.3) is 5.69 Å². The monoisotopic (exact) mass is 408 g/mol. The minimum Gasteiger partial charge on any atom is -0.340 e. The van der Waals surface area contributed by atoms with Crippen LogP contribution in [-0.2, 0) is 16.2 Å². The molecule has 30 heavy (non-hydrogen) atoms. The van der Waals surface area contributed by atoms with Gasteiger partial charge >= 0.3 is 5.97 Å². The third-order valence-corrected chi connectivity index (χ3v) is 5.70. The predicted molar refractivity (Wildman–Crippen MR) is 121 cm³/mol. The summed E-state index contributed by atoms with van der Waals surface area (Å²) in [6.45, 7) is 8.56. The van der Waals surface area contributed by atoms with Crippen LogP contribution in [0.2, 0.25) is 0 Å². The Balaban J connectivity index is 2.14. The van der Waals surface area contributed by atoms with E-state index < -0.39 is 5.97 Å². The molecule has 1 unspecified atom stereocenters. The summed E-state index contributed by atoms with van der Waals surface area (Å²) in [6.07, 6.45) is 4.77. The molecule has 0 bridgehead atoms. The summed E-state index contributed by atoms with van der Waals surface area (Å²) in [5.74, 6) is 0.156. The van der Waals surface area contributed by atoms with Crippen LogP contribution in [0.4, 0.5) is 5.69 Å². The number of nitrogens with one attached hydrogen (secondary N) is 1. The van der Waals surface area contributed by atoms with Gasteiger partial charge < -0.3 is 9.40 Å². The summed E-state index contributed by atoms with van der Waals surface area (Å²) in [5, 5.41) is 8.00. The fourth-order valence-electron chi connectivity index (χ4n) is 3.95. The molecule has 0 saturated carbocycles. The van der Waals surface area contributed by atoms with Crippen molar-refractivity contribution in [3.8, 4) is 0 Å². The molecule has 158 valence electrons. The smallest absolute Gasteiger partial charge is 0.331 e. The molecule has 0 amide bonds. The average Bonchev–Trinajstić information content (AvgIpc) is 3.06. The molecule has 6 heteroatoms. The first-order chi connectivity index (χ1) is 14.5. The maximum Gasteiger partial charge on any atom is 0.331 e. The van der Waals surface area contributed by atoms with E-state index in [1.165, 1.54) is 26.2 Å². The molecule has 0 fully saturated rings. The number of oxime groups is 1. The van der Waals surface area contributed by atoms with Gasteiger partial charge in [0.05, 0.1) is 5.71 Å². The van der Waals surface area contributed by atoms with Crippen molar-refractivity contribution < 1.29 is 14.8 Å². The number of carbonyl (C=O) groups is 1. The van der Waals surface area contributed by atoms with Crippen LogP contribution in [0.15, 0.2) is 41.6 Å². The van der Waals surface area contributed by atoms with Crippen molar-refractivity contribution in [3.05, 3.63) is 46.9 Å². The molecular formula is C24H30N3O3+. The third-order valence-electron chi connectivity index (χ3n) is 5.70. The van der Waals surface area contributed by atoms with Crippen molar-refractivity contribution in [1.29, 1.82) is 0 Å². The molecule has 1 N–H and O–H groups in total. The van der Waals surface area contributed by atoms with Gasteiger partial charge in [-0.1, -0.05) is 44.3 Å². The Morgan fingerprint density at radius 1 is 1.10 bits per heavy atom. The zero-order valence-electron chi connectivity index (χ0n) is 18.2. The molecule has 0 aliphatic carbocycles. The van der Waals surface area contributed by atoms with Crippen LogP contribution >= 0.6 is 0 Å². The molecule has 1 atom stereocenters. The fraction of sp³-hybridized carbons (Fsp3) is 0.417. The molecule has 3 rings (SSSR count). The van der Waals surface area contributed by atoms with Crippen LogP contribution in [0, 0.1) is 10.8 Å². The molecule has 1 heterocycles. The van der Waals surface area contributed by atoms with Crippen molar-refractivity contribution in [1.82, 2.24) is 4.57 Å². The van der Waals surface area contributed by atoms with E-state index in [9.17, 15) is 9.70 Å². The van der Waals surface area contributed by atoms with Gasteiger partial charge in [0, 0.05) is 57.5 Å². The van der Waals surface area contributed by atoms with Crippen LogP contribution in [0.1, 0.15) is 58.9 Å². The largest absolute Gasteiger partial charge is 0.340 e. The number of nitrogens with zero attached hydrogens (tertiary/aromatic N) is 2. The van der Waals surface area contributed by atoms with Crippen molar-refractivity contribution in [2.45, 2.75) is 59.9 Å². The first kappa shape index (κ1) is 21.7. The Bertz CT molecular complexity index is 1100. The van der Waals surface area contributed by atoms with Crippen molar-refractivity contribution in [2.24, 2.45) is 11.1 Å². The molecule has 0 aliphatic heterocycles. The van der Waals surface area contributed by atoms with Crippen LogP contribution in [0.3, 0.4) is 0 Å². The maximum atomic E-state index is 11.3. The Kier molecular flexibility index (Phi) is 6.98. The van der Waals surface area contributed by atoms with Gasteiger partial charge in [0.15, 0.2) is 0 Å². The lowest BCUT2D eigenvalue weighted by Gasteiger charge is -2.17. The number of hydrogen-bond donors (Lipinski definition) is 1. The zero-order chi connectivity index (χ0) is 21.7. The number of unbranched alkanes of at least 4 members (excludes halogenated alkanes) is 1. The molecule has 0 radical (unpaired) electrons. The number of hydrogen-bond acceptors (Lipinski definition) is 4. The van der Waals surface area contributed by atoms with E-state index in [1.54, 1.807) is 0 Å². The highest BCUT2D eigenvalue weighted by atomic mass is 16.7. The lowest BCUT2D eigenvalue weighted by Crippen LogP contribution is -2.55. The van der Waals surface area contributed by atoms with Gasteiger partial charge in [0.1, 0.15) is 0 Å². The van der Waals surface area contributed by atoms with E-state index in [1.807, 2.05) is 36.4 Å². The first-order valence-electron chi connectivity index (χ1n) is 10.6. The summed E-state index contributed by atoms with van der Waals surface area (Å²) in [4.78, 5) is 27.1. The van der Waals surface area contributed by atoms with E-state index >= 15 is 0 Å². The number of nitroso groups, excluding NO2 is 1. The second kappa shape index (κ2) is 9.65. The van der Waals surface area contributed by atoms with Gasteiger partial charge in [-0.05, 0) is 43.0 Å². The molecule has 2 aromatic carbocycles. The highest BCUT2D eigenvalue weighted by Gasteiger charge is 2.17. The lowest BCUT2D eigenvalue weighted by molar-refractivity contribution is -0.379. The fourth-order valence-corrected chi connectivity index (χ4v) is 3.95. The van der Waals surface area contributed by atoms with E-state index in [-0.39, 0.29) is 0 Å². The van der Waals surface area contributed by atoms with Gasteiger partial charge in [0.2, 0.25) is 0 Å². The predicted octanol–water partition coefficient (Wildman–Crippen LogP) is 4.78. The summed E-state index contributed by atoms with van der Waals surface area (Å²) >= 11 is 0. The first-order valence-corrected chi connectivity index (χ1v) is 10.6. The van der Waals surface area contributed by atoms with E-state index in [4.69, 9.17) is 4.84 Å². The Morgan fingerprint density at radius 2 is 1.80 bits per heavy atom. The number of aromatic nitrogens is 1. The Labute approximate surface area is 176 Å². The normalized spacial score (nSPS) is 13.0. The summed E-state index contributed by atoms with van der Waals surface area (Å²) in [6, 6.07) is 11.9. The van der Waals surface area contributed by atoms with Crippen molar-refractivity contribution >= 4 is 39.2 Å². The van der Waals surface area contributed by atoms with E-state index in [0.717, 1.165) is 40.3 Å². The number of benzene rings is 2. The standard InChI is InChI=1S/C24H29N3O3/c1-5-7-8-18(6-2)15-27-23-11-9-19(16(3)26-30-17(4)28)13-21(23)22-14-20(25-29)10-12-24(22)27/h9-14,18H,5-8,15H2,1-4H3/p+1/b26-16+. The molecule has 6 nitrogen and oxygen atoms in total. The SMILES string of the molecule is CCCCC(CC)Cn1c2ccc([NH+]=O)cc2c2cc(/C(C)=N/OC(C)=O)ccc21. The van der Waals surface area contributed by atoms with Crippen LogP contribution in [-0.4, -0.2) is 16.2 Å². The minimum absolute atomic E-state index is 0.448. The van der Waals surface area contributed by atoms with Crippen LogP contribution in [0.5, 0.6) is 0 Å². The summed E-state index contributed by atoms with van der Waals surface area (Å²) < 4.78 is 2.37. The summed E-state index contributed by atoms with van der Waals surface area (Å²) in [5.41, 5.74) is 4.29. The molecule has 0 saturated heterocycles. The van der Waals surface area contributed by atoms with Crippen molar-refractivity contribution in [2.75, 3.05) is 0 Å². The number of carbonyl (C=O) groups excluding carboxylic acids is 1. The topological polar surface area (TPSA) is 74.6 Å². The van der Waals surface area contributed by atoms with E-state index in [2.05, 4.69) is 35.7 Å². The zero-order valence-corrected chi connectivity index (χ0v) is 18.2. The van der Waals surface area contributed by atoms with Gasteiger partial charge in [-0.3, -0.25) is 0 Å². The van der Waals surface area contributed by atoms with Gasteiger partial charge in [-0.2, -0.15) is 0 Å². The lowest BCUT2D eigenvalue weighted by atomic mass is 9.99. The highest BCUT2D eigenvalue weighted by Crippen LogP contribution is 2.33. The average molecular weight is 409 g/mol. The number of rotatable bonds is 9. The van der Waals surface area contributed by atoms with E-state index in [0.29, 0.717) is 17.3 Å². The Hall–Kier alpha value is -3.02. The molecule has 3 aromatic rings. The molecule has 0 spiro atoms. The maximum absolute atomic E-state index is 11.3. The van der Waals surface area contributed by atoms with Crippen LogP contribution in [0.25, 0.3) is 21.8 Å². The summed E-state index contributed by atoms with van der Waals surface area (Å²) in [7, 11) is 0. The van der Waals surface area contributed by atoms with Crippen LogP contribution < -0.4 is 5.18 Å². The number of fused-ring (bicyclic) bond motifs is 3. The second-order valence-electron chi connectivity index (χ2n) is 7.85. The quantitative estimate of drug-likeness (QED) is 0.315.